The second-order valence-electron chi connectivity index (χ2n) is 5.52. The van der Waals surface area contributed by atoms with Crippen molar-refractivity contribution >= 4 is 24.8 Å². The molecule has 0 unspecified atom stereocenters. The van der Waals surface area contributed by atoms with Gasteiger partial charge in [0.1, 0.15) is 11.5 Å². The summed E-state index contributed by atoms with van der Waals surface area (Å²) in [4.78, 5) is 0. The predicted molar refractivity (Wildman–Crippen MR) is 91.1 cm³/mol. The van der Waals surface area contributed by atoms with E-state index in [1.807, 2.05) is 18.2 Å². The number of hydrogen-bond donors (Lipinski definition) is 2. The fraction of sp³-hybridized carbons (Fsp3) is 0.600. The molecule has 0 aliphatic heterocycles. The minimum absolute atomic E-state index is 0. The maximum absolute atomic E-state index is 6.53. The molecule has 1 aromatic carbocycles. The van der Waals surface area contributed by atoms with Crippen molar-refractivity contribution in [2.24, 2.45) is 11.5 Å². The van der Waals surface area contributed by atoms with E-state index in [-0.39, 0.29) is 30.4 Å². The van der Waals surface area contributed by atoms with Gasteiger partial charge >= 0.3 is 0 Å². The van der Waals surface area contributed by atoms with Gasteiger partial charge < -0.3 is 20.9 Å². The number of halogens is 2. The maximum Gasteiger partial charge on any atom is 0.125 e. The second-order valence-corrected chi connectivity index (χ2v) is 5.52. The first-order chi connectivity index (χ1) is 9.08. The van der Waals surface area contributed by atoms with E-state index in [9.17, 15) is 0 Å². The summed E-state index contributed by atoms with van der Waals surface area (Å²) in [6.07, 6.45) is 4.67. The molecule has 0 radical (unpaired) electrons. The molecule has 4 nitrogen and oxygen atoms in total. The summed E-state index contributed by atoms with van der Waals surface area (Å²) in [5, 5.41) is 0. The van der Waals surface area contributed by atoms with Crippen molar-refractivity contribution in [3.63, 3.8) is 0 Å². The van der Waals surface area contributed by atoms with Crippen molar-refractivity contribution in [2.45, 2.75) is 43.7 Å². The third-order valence-electron chi connectivity index (χ3n) is 4.08. The third-order valence-corrected chi connectivity index (χ3v) is 4.08. The van der Waals surface area contributed by atoms with E-state index in [0.29, 0.717) is 6.04 Å². The number of nitrogens with two attached hydrogens (primary N) is 2. The van der Waals surface area contributed by atoms with Gasteiger partial charge in [-0.3, -0.25) is 0 Å². The SMILES string of the molecule is COc1cccc(OC)c1CC1(N)CCC(N)CC1.Cl.Cl. The van der Waals surface area contributed by atoms with Crippen LogP contribution < -0.4 is 20.9 Å². The minimum Gasteiger partial charge on any atom is -0.496 e. The zero-order chi connectivity index (χ0) is 13.9. The van der Waals surface area contributed by atoms with Crippen LogP contribution in [0.15, 0.2) is 18.2 Å². The zero-order valence-corrected chi connectivity index (χ0v) is 14.3. The largest absolute Gasteiger partial charge is 0.496 e. The molecule has 4 N–H and O–H groups in total. The number of ether oxygens (including phenoxy) is 2. The minimum atomic E-state index is -0.197. The maximum atomic E-state index is 6.53. The lowest BCUT2D eigenvalue weighted by Crippen LogP contribution is -2.47. The summed E-state index contributed by atoms with van der Waals surface area (Å²) < 4.78 is 10.9. The molecule has 1 fully saturated rings. The monoisotopic (exact) mass is 336 g/mol. The highest BCUT2D eigenvalue weighted by atomic mass is 35.5. The molecule has 0 bridgehead atoms. The van der Waals surface area contributed by atoms with Gasteiger partial charge in [0.2, 0.25) is 0 Å². The van der Waals surface area contributed by atoms with Gasteiger partial charge in [-0.25, -0.2) is 0 Å². The Morgan fingerprint density at radius 3 is 2.00 bits per heavy atom. The summed E-state index contributed by atoms with van der Waals surface area (Å²) >= 11 is 0. The first kappa shape index (κ1) is 20.3. The summed E-state index contributed by atoms with van der Waals surface area (Å²) in [5.41, 5.74) is 13.4. The van der Waals surface area contributed by atoms with Crippen molar-refractivity contribution in [2.75, 3.05) is 14.2 Å². The van der Waals surface area contributed by atoms with Crippen LogP contribution in [0.3, 0.4) is 0 Å². The molecule has 1 aliphatic rings. The van der Waals surface area contributed by atoms with E-state index < -0.39 is 0 Å². The van der Waals surface area contributed by atoms with Crippen molar-refractivity contribution in [3.05, 3.63) is 23.8 Å². The molecule has 122 valence electrons. The second kappa shape index (κ2) is 8.69. The fourth-order valence-electron chi connectivity index (χ4n) is 2.85. The van der Waals surface area contributed by atoms with Crippen molar-refractivity contribution in [1.82, 2.24) is 0 Å². The Balaban J connectivity index is 0.00000200. The van der Waals surface area contributed by atoms with Gasteiger partial charge in [-0.1, -0.05) is 6.07 Å². The molecule has 0 aromatic heterocycles. The summed E-state index contributed by atoms with van der Waals surface area (Å²) in [7, 11) is 3.36. The van der Waals surface area contributed by atoms with E-state index in [4.69, 9.17) is 20.9 Å². The van der Waals surface area contributed by atoms with Crippen LogP contribution in [0, 0.1) is 0 Å². The van der Waals surface area contributed by atoms with Crippen LogP contribution in [0.2, 0.25) is 0 Å². The van der Waals surface area contributed by atoms with Crippen LogP contribution in [0.5, 0.6) is 11.5 Å². The average molecular weight is 337 g/mol. The van der Waals surface area contributed by atoms with Crippen LogP contribution in [-0.2, 0) is 6.42 Å². The van der Waals surface area contributed by atoms with Gasteiger partial charge in [-0.2, -0.15) is 0 Å². The highest BCUT2D eigenvalue weighted by molar-refractivity contribution is 5.85. The molecule has 0 saturated heterocycles. The van der Waals surface area contributed by atoms with Gasteiger partial charge in [0.15, 0.2) is 0 Å². The van der Waals surface area contributed by atoms with E-state index in [1.165, 1.54) is 0 Å². The molecule has 0 atom stereocenters. The van der Waals surface area contributed by atoms with E-state index in [0.717, 1.165) is 49.2 Å². The smallest absolute Gasteiger partial charge is 0.125 e. The van der Waals surface area contributed by atoms with Gasteiger partial charge in [0, 0.05) is 17.1 Å². The van der Waals surface area contributed by atoms with Crippen LogP contribution in [-0.4, -0.2) is 25.8 Å². The van der Waals surface area contributed by atoms with Crippen molar-refractivity contribution < 1.29 is 9.47 Å². The van der Waals surface area contributed by atoms with E-state index >= 15 is 0 Å². The molecule has 1 aromatic rings. The first-order valence-electron chi connectivity index (χ1n) is 6.82. The quantitative estimate of drug-likeness (QED) is 0.886. The molecule has 21 heavy (non-hydrogen) atoms. The van der Waals surface area contributed by atoms with Gasteiger partial charge in [-0.15, -0.1) is 24.8 Å². The van der Waals surface area contributed by atoms with Crippen molar-refractivity contribution in [3.8, 4) is 11.5 Å². The molecular formula is C15H26Cl2N2O2. The molecule has 0 heterocycles. The highest BCUT2D eigenvalue weighted by Gasteiger charge is 2.32. The molecule has 2 rings (SSSR count). The lowest BCUT2D eigenvalue weighted by atomic mass is 9.76. The van der Waals surface area contributed by atoms with E-state index in [1.54, 1.807) is 14.2 Å². The fourth-order valence-corrected chi connectivity index (χ4v) is 2.85. The summed E-state index contributed by atoms with van der Waals surface area (Å²) in [6, 6.07) is 6.14. The summed E-state index contributed by atoms with van der Waals surface area (Å²) in [5.74, 6) is 1.69. The van der Waals surface area contributed by atoms with Crippen LogP contribution >= 0.6 is 24.8 Å². The Labute approximate surface area is 139 Å². The lowest BCUT2D eigenvalue weighted by Gasteiger charge is -2.36. The highest BCUT2D eigenvalue weighted by Crippen LogP contribution is 2.36. The Kier molecular flexibility index (Phi) is 8.41. The Morgan fingerprint density at radius 1 is 1.10 bits per heavy atom. The van der Waals surface area contributed by atoms with Crippen LogP contribution in [0.25, 0.3) is 0 Å². The molecule has 1 saturated carbocycles. The predicted octanol–water partition coefficient (Wildman–Crippen LogP) is 2.69. The lowest BCUT2D eigenvalue weighted by molar-refractivity contribution is 0.265. The number of hydrogen-bond acceptors (Lipinski definition) is 4. The topological polar surface area (TPSA) is 70.5 Å². The van der Waals surface area contributed by atoms with Crippen molar-refractivity contribution in [1.29, 1.82) is 0 Å². The zero-order valence-electron chi connectivity index (χ0n) is 12.6. The summed E-state index contributed by atoms with van der Waals surface area (Å²) in [6.45, 7) is 0. The number of benzene rings is 1. The Hall–Kier alpha value is -0.680. The van der Waals surface area contributed by atoms with Crippen LogP contribution in [0.4, 0.5) is 0 Å². The molecule has 6 heteroatoms. The molecule has 0 spiro atoms. The average Bonchev–Trinajstić information content (AvgIpc) is 2.42. The van der Waals surface area contributed by atoms with Gasteiger partial charge in [0.25, 0.3) is 0 Å². The normalized spacial score (nSPS) is 24.5. The standard InChI is InChI=1S/C15H24N2O2.2ClH/c1-18-13-4-3-5-14(19-2)12(13)10-15(17)8-6-11(16)7-9-15;;/h3-5,11H,6-10,16-17H2,1-2H3;2*1H. The molecule has 0 amide bonds. The first-order valence-corrected chi connectivity index (χ1v) is 6.82. The number of rotatable bonds is 4. The number of methoxy groups -OCH3 is 2. The Morgan fingerprint density at radius 2 is 1.57 bits per heavy atom. The molecular weight excluding hydrogens is 311 g/mol. The van der Waals surface area contributed by atoms with Gasteiger partial charge in [-0.05, 0) is 44.2 Å². The third kappa shape index (κ3) is 4.92. The Bertz CT molecular complexity index is 413. The molecule has 1 aliphatic carbocycles. The van der Waals surface area contributed by atoms with Gasteiger partial charge in [0.05, 0.1) is 14.2 Å². The van der Waals surface area contributed by atoms with Crippen LogP contribution in [0.1, 0.15) is 31.2 Å². The van der Waals surface area contributed by atoms with E-state index in [2.05, 4.69) is 0 Å².